The fourth-order valence-corrected chi connectivity index (χ4v) is 3.29. The van der Waals surface area contributed by atoms with E-state index in [-0.39, 0.29) is 0 Å². The number of fused-ring (bicyclic) bond motifs is 1. The molecule has 3 N–H and O–H groups in total. The van der Waals surface area contributed by atoms with Crippen molar-refractivity contribution in [3.8, 4) is 0 Å². The van der Waals surface area contributed by atoms with E-state index < -0.39 is 0 Å². The monoisotopic (exact) mass is 293 g/mol. The maximum atomic E-state index is 5.39. The number of hydrogen-bond donors (Lipinski definition) is 2. The first-order valence-electron chi connectivity index (χ1n) is 5.44. The van der Waals surface area contributed by atoms with E-state index in [2.05, 4.69) is 25.6 Å². The van der Waals surface area contributed by atoms with Crippen molar-refractivity contribution in [3.63, 3.8) is 0 Å². The lowest BCUT2D eigenvalue weighted by atomic mass is 10.4. The largest absolute Gasteiger partial charge is 0.309 e. The second-order valence-corrected chi connectivity index (χ2v) is 5.68. The number of aryl methyl sites for hydroxylation is 1. The summed E-state index contributed by atoms with van der Waals surface area (Å²) in [7, 11) is 1.92. The first-order valence-corrected chi connectivity index (χ1v) is 7.14. The van der Waals surface area contributed by atoms with Crippen LogP contribution in [0.1, 0.15) is 5.82 Å². The van der Waals surface area contributed by atoms with Crippen molar-refractivity contribution in [1.82, 2.24) is 24.7 Å². The molecule has 19 heavy (non-hydrogen) atoms. The second kappa shape index (κ2) is 4.76. The molecule has 0 amide bonds. The van der Waals surface area contributed by atoms with Gasteiger partial charge in [-0.25, -0.2) is 15.8 Å². The number of hydrazine groups is 1. The van der Waals surface area contributed by atoms with Gasteiger partial charge in [0.25, 0.3) is 0 Å². The van der Waals surface area contributed by atoms with Crippen LogP contribution in [0.2, 0.25) is 0 Å². The molecule has 0 atom stereocenters. The molecule has 7 nitrogen and oxygen atoms in total. The molecule has 3 aromatic heterocycles. The SMILES string of the molecule is Cc1nnc(Sc2nc(NN)nc3sccc23)n1C. The van der Waals surface area contributed by atoms with Gasteiger partial charge in [-0.05, 0) is 30.1 Å². The van der Waals surface area contributed by atoms with Crippen LogP contribution in [-0.4, -0.2) is 24.7 Å². The summed E-state index contributed by atoms with van der Waals surface area (Å²) in [6.07, 6.45) is 0. The van der Waals surface area contributed by atoms with Crippen molar-refractivity contribution < 1.29 is 0 Å². The molecular formula is C10H11N7S2. The van der Waals surface area contributed by atoms with Crippen LogP contribution in [0.4, 0.5) is 5.95 Å². The van der Waals surface area contributed by atoms with Gasteiger partial charge in [-0.1, -0.05) is 0 Å². The van der Waals surface area contributed by atoms with Crippen molar-refractivity contribution in [2.45, 2.75) is 17.1 Å². The molecular weight excluding hydrogens is 282 g/mol. The van der Waals surface area contributed by atoms with Crippen LogP contribution in [0.5, 0.6) is 0 Å². The van der Waals surface area contributed by atoms with E-state index in [9.17, 15) is 0 Å². The number of nitrogens with two attached hydrogens (primary N) is 1. The molecule has 3 heterocycles. The average molecular weight is 293 g/mol. The number of hydrogen-bond acceptors (Lipinski definition) is 8. The number of nitrogens with one attached hydrogen (secondary N) is 1. The molecule has 0 radical (unpaired) electrons. The minimum atomic E-state index is 0.399. The minimum absolute atomic E-state index is 0.399. The number of nitrogen functional groups attached to an aromatic ring is 1. The van der Waals surface area contributed by atoms with Crippen LogP contribution in [0.3, 0.4) is 0 Å². The summed E-state index contributed by atoms with van der Waals surface area (Å²) in [5.41, 5.74) is 2.48. The van der Waals surface area contributed by atoms with Crippen LogP contribution in [0.15, 0.2) is 21.6 Å². The standard InChI is InChI=1S/C10H11N7S2/c1-5-15-16-10(17(5)2)19-8-6-3-4-18-7(6)12-9(13-8)14-11/h3-4H,11H2,1-2H3,(H,12,13,14). The topological polar surface area (TPSA) is 94.5 Å². The Morgan fingerprint density at radius 3 is 2.89 bits per heavy atom. The van der Waals surface area contributed by atoms with Gasteiger partial charge in [0.15, 0.2) is 5.16 Å². The van der Waals surface area contributed by atoms with Gasteiger partial charge in [-0.2, -0.15) is 0 Å². The fraction of sp³-hybridized carbons (Fsp3) is 0.200. The molecule has 3 rings (SSSR count). The quantitative estimate of drug-likeness (QED) is 0.430. The normalized spacial score (nSPS) is 11.1. The molecule has 3 aromatic rings. The van der Waals surface area contributed by atoms with Crippen molar-refractivity contribution >= 4 is 39.3 Å². The van der Waals surface area contributed by atoms with E-state index in [1.807, 2.05) is 30.0 Å². The fourth-order valence-electron chi connectivity index (χ4n) is 1.53. The van der Waals surface area contributed by atoms with Crippen LogP contribution in [0.25, 0.3) is 10.2 Å². The maximum Gasteiger partial charge on any atom is 0.239 e. The lowest BCUT2D eigenvalue weighted by Crippen LogP contribution is -2.10. The summed E-state index contributed by atoms with van der Waals surface area (Å²) in [6.45, 7) is 1.91. The highest BCUT2D eigenvalue weighted by Gasteiger charge is 2.13. The van der Waals surface area contributed by atoms with E-state index in [1.54, 1.807) is 11.3 Å². The summed E-state index contributed by atoms with van der Waals surface area (Å²) in [6, 6.07) is 1.99. The van der Waals surface area contributed by atoms with Gasteiger partial charge in [0.05, 0.1) is 0 Å². The molecule has 0 aliphatic rings. The molecule has 0 aliphatic heterocycles. The zero-order chi connectivity index (χ0) is 13.4. The van der Waals surface area contributed by atoms with E-state index >= 15 is 0 Å². The molecule has 0 aromatic carbocycles. The van der Waals surface area contributed by atoms with Crippen LogP contribution >= 0.6 is 23.1 Å². The van der Waals surface area contributed by atoms with Crippen molar-refractivity contribution in [1.29, 1.82) is 0 Å². The highest BCUT2D eigenvalue weighted by molar-refractivity contribution is 7.99. The highest BCUT2D eigenvalue weighted by atomic mass is 32.2. The van der Waals surface area contributed by atoms with Crippen LogP contribution in [0, 0.1) is 6.92 Å². The summed E-state index contributed by atoms with van der Waals surface area (Å²) < 4.78 is 1.92. The second-order valence-electron chi connectivity index (χ2n) is 3.83. The summed E-state index contributed by atoms with van der Waals surface area (Å²) in [5, 5.41) is 12.7. The Balaban J connectivity index is 2.08. The Bertz CT molecular complexity index is 733. The van der Waals surface area contributed by atoms with Gasteiger partial charge in [0, 0.05) is 12.4 Å². The molecule has 9 heteroatoms. The Labute approximate surface area is 117 Å². The molecule has 0 saturated carbocycles. The van der Waals surface area contributed by atoms with Gasteiger partial charge in [-0.15, -0.1) is 21.5 Å². The first kappa shape index (κ1) is 12.3. The molecule has 0 saturated heterocycles. The van der Waals surface area contributed by atoms with Gasteiger partial charge in [-0.3, -0.25) is 5.43 Å². The summed E-state index contributed by atoms with van der Waals surface area (Å²) in [4.78, 5) is 9.57. The van der Waals surface area contributed by atoms with Crippen LogP contribution in [-0.2, 0) is 7.05 Å². The van der Waals surface area contributed by atoms with Crippen molar-refractivity contribution in [3.05, 3.63) is 17.3 Å². The smallest absolute Gasteiger partial charge is 0.239 e. The van der Waals surface area contributed by atoms with Crippen molar-refractivity contribution in [2.75, 3.05) is 5.43 Å². The lowest BCUT2D eigenvalue weighted by molar-refractivity contribution is 0.765. The van der Waals surface area contributed by atoms with E-state index in [0.717, 1.165) is 26.2 Å². The summed E-state index contributed by atoms with van der Waals surface area (Å²) in [5.74, 6) is 6.65. The molecule has 0 aliphatic carbocycles. The number of aromatic nitrogens is 5. The van der Waals surface area contributed by atoms with Gasteiger partial charge in [0.2, 0.25) is 5.95 Å². The van der Waals surface area contributed by atoms with Gasteiger partial charge < -0.3 is 4.57 Å². The van der Waals surface area contributed by atoms with Crippen LogP contribution < -0.4 is 11.3 Å². The van der Waals surface area contributed by atoms with E-state index in [0.29, 0.717) is 5.95 Å². The Hall–Kier alpha value is -1.71. The predicted molar refractivity (Wildman–Crippen MR) is 75.1 cm³/mol. The third-order valence-corrected chi connectivity index (χ3v) is 4.51. The first-order chi connectivity index (χ1) is 9.19. The Morgan fingerprint density at radius 2 is 2.21 bits per heavy atom. The van der Waals surface area contributed by atoms with Gasteiger partial charge in [0.1, 0.15) is 15.7 Å². The molecule has 98 valence electrons. The Morgan fingerprint density at radius 1 is 1.37 bits per heavy atom. The van der Waals surface area contributed by atoms with Crippen molar-refractivity contribution in [2.24, 2.45) is 12.9 Å². The zero-order valence-electron chi connectivity index (χ0n) is 10.3. The minimum Gasteiger partial charge on any atom is -0.309 e. The average Bonchev–Trinajstić information content (AvgIpc) is 3.00. The van der Waals surface area contributed by atoms with Gasteiger partial charge >= 0.3 is 0 Å². The zero-order valence-corrected chi connectivity index (χ0v) is 11.9. The molecule has 0 bridgehead atoms. The summed E-state index contributed by atoms with van der Waals surface area (Å²) >= 11 is 3.00. The van der Waals surface area contributed by atoms with E-state index in [4.69, 9.17) is 5.84 Å². The molecule has 0 spiro atoms. The Kier molecular flexibility index (Phi) is 3.09. The predicted octanol–water partition coefficient (Wildman–Crippen LogP) is 1.57. The highest BCUT2D eigenvalue weighted by Crippen LogP contribution is 2.33. The molecule has 0 unspecified atom stereocenters. The lowest BCUT2D eigenvalue weighted by Gasteiger charge is -2.04. The maximum absolute atomic E-state index is 5.39. The third-order valence-electron chi connectivity index (χ3n) is 2.66. The number of rotatable bonds is 3. The number of nitrogens with zero attached hydrogens (tertiary/aromatic N) is 5. The third kappa shape index (κ3) is 2.15. The van der Waals surface area contributed by atoms with E-state index in [1.165, 1.54) is 11.8 Å². The number of thiophene rings is 1. The molecule has 0 fully saturated rings. The number of anilines is 1.